The van der Waals surface area contributed by atoms with Crippen LogP contribution in [0.5, 0.6) is 0 Å². The number of thiazole rings is 1. The number of likely N-dealkylation sites (N-methyl/N-ethyl adjacent to an activating group) is 1. The van der Waals surface area contributed by atoms with Gasteiger partial charge >= 0.3 is 0 Å². The van der Waals surface area contributed by atoms with Gasteiger partial charge in [0, 0.05) is 84.8 Å². The maximum atomic E-state index is 14.7. The van der Waals surface area contributed by atoms with Gasteiger partial charge < -0.3 is 24.3 Å². The number of carbonyl (C=O) groups excluding carboxylic acids is 3. The van der Waals surface area contributed by atoms with Gasteiger partial charge in [-0.2, -0.15) is 5.26 Å². The Kier molecular flexibility index (Phi) is 14.9. The average Bonchev–Trinajstić information content (AvgIpc) is 3.53. The van der Waals surface area contributed by atoms with Crippen molar-refractivity contribution < 1.29 is 23.9 Å². The molecule has 3 fully saturated rings. The molecule has 0 bridgehead atoms. The number of carbonyl (C=O) groups is 3. The summed E-state index contributed by atoms with van der Waals surface area (Å²) in [7, 11) is 5.65. The second-order valence-electron chi connectivity index (χ2n) is 19.5. The molecule has 344 valence electrons. The number of nitrogens with one attached hydrogen (secondary N) is 1. The fourth-order valence-corrected chi connectivity index (χ4v) is 11.0. The zero-order valence-corrected chi connectivity index (χ0v) is 40.1. The van der Waals surface area contributed by atoms with Gasteiger partial charge in [-0.1, -0.05) is 53.5 Å². The van der Waals surface area contributed by atoms with E-state index >= 15 is 0 Å². The molecule has 64 heavy (non-hydrogen) atoms. The molecule has 2 saturated carbocycles. The number of methoxy groups -OCH3 is 1. The molecule has 14 heteroatoms. The van der Waals surface area contributed by atoms with E-state index in [0.29, 0.717) is 26.1 Å². The van der Waals surface area contributed by atoms with Crippen LogP contribution in [0.4, 0.5) is 0 Å². The SMILES string of the molecule is CCCCCN(C)C(=O)[C@@H](NC(=O)C1[C@@H](C)[C@H]1C)[C@@H](c1nc(-c2ccc3c(c2)c(CC(C)(C)COC=O)c(-c2cccnc2[C@H](C)OC)n3C2CC(C#N)C2)cs1)N1CCCN(C)C1. The molecule has 4 heterocycles. The fourth-order valence-electron chi connectivity index (χ4n) is 10.0. The second-order valence-corrected chi connectivity index (χ2v) is 20.4. The monoisotopic (exact) mass is 893 g/mol. The van der Waals surface area contributed by atoms with Crippen molar-refractivity contribution in [2.75, 3.05) is 54.1 Å². The summed E-state index contributed by atoms with van der Waals surface area (Å²) >= 11 is 1.54. The summed E-state index contributed by atoms with van der Waals surface area (Å²) in [5.74, 6) is 0.261. The molecular weight excluding hydrogens is 825 g/mol. The lowest BCUT2D eigenvalue weighted by Gasteiger charge is -2.41. The Hall–Kier alpha value is -4.68. The maximum Gasteiger partial charge on any atom is 0.293 e. The van der Waals surface area contributed by atoms with Gasteiger partial charge in [-0.3, -0.25) is 29.2 Å². The van der Waals surface area contributed by atoms with Gasteiger partial charge in [-0.15, -0.1) is 11.3 Å². The lowest BCUT2D eigenvalue weighted by Crippen LogP contribution is -2.57. The smallest absolute Gasteiger partial charge is 0.293 e. The fraction of sp³-hybridized carbons (Fsp3) is 0.600. The molecule has 4 aromatic rings. The summed E-state index contributed by atoms with van der Waals surface area (Å²) in [5, 5.41) is 17.1. The molecule has 2 aliphatic carbocycles. The first-order valence-electron chi connectivity index (χ1n) is 23.2. The van der Waals surface area contributed by atoms with Crippen LogP contribution in [-0.2, 0) is 30.3 Å². The Balaban J connectivity index is 1.37. The largest absolute Gasteiger partial charge is 0.467 e. The Bertz CT molecular complexity index is 2320. The molecule has 13 nitrogen and oxygen atoms in total. The first kappa shape index (κ1) is 47.3. The van der Waals surface area contributed by atoms with Crippen molar-refractivity contribution in [2.45, 2.75) is 111 Å². The van der Waals surface area contributed by atoms with Crippen molar-refractivity contribution in [1.29, 1.82) is 5.26 Å². The number of rotatable bonds is 20. The van der Waals surface area contributed by atoms with E-state index in [2.05, 4.69) is 97.1 Å². The lowest BCUT2D eigenvalue weighted by atomic mass is 9.80. The zero-order chi connectivity index (χ0) is 45.9. The van der Waals surface area contributed by atoms with Gasteiger partial charge in [0.25, 0.3) is 6.47 Å². The topological polar surface area (TPSA) is 146 Å². The minimum Gasteiger partial charge on any atom is -0.467 e. The Morgan fingerprint density at radius 2 is 1.92 bits per heavy atom. The summed E-state index contributed by atoms with van der Waals surface area (Å²) in [5.41, 5.74) is 6.27. The summed E-state index contributed by atoms with van der Waals surface area (Å²) in [6.07, 6.45) is 7.51. The number of fused-ring (bicyclic) bond motifs is 1. The molecule has 0 radical (unpaired) electrons. The molecule has 6 atom stereocenters. The number of amides is 2. The minimum absolute atomic E-state index is 0.0181. The number of nitrogens with zero attached hydrogens (tertiary/aromatic N) is 7. The second kappa shape index (κ2) is 20.2. The third-order valence-electron chi connectivity index (χ3n) is 14.1. The summed E-state index contributed by atoms with van der Waals surface area (Å²) in [6, 6.07) is 11.9. The van der Waals surface area contributed by atoms with Gasteiger partial charge in [-0.25, -0.2) is 4.98 Å². The van der Waals surface area contributed by atoms with E-state index < -0.39 is 17.5 Å². The number of ether oxygens (including phenoxy) is 2. The van der Waals surface area contributed by atoms with Gasteiger partial charge in [0.2, 0.25) is 11.8 Å². The quantitative estimate of drug-likeness (QED) is 0.0678. The third-order valence-corrected chi connectivity index (χ3v) is 15.1. The maximum absolute atomic E-state index is 14.7. The van der Waals surface area contributed by atoms with Crippen LogP contribution in [0.25, 0.3) is 33.4 Å². The molecule has 2 amide bonds. The van der Waals surface area contributed by atoms with Crippen molar-refractivity contribution in [3.63, 3.8) is 0 Å². The van der Waals surface area contributed by atoms with E-state index in [0.717, 1.165) is 101 Å². The van der Waals surface area contributed by atoms with Crippen molar-refractivity contribution in [3.8, 4) is 28.6 Å². The first-order chi connectivity index (χ1) is 30.7. The Labute approximate surface area is 383 Å². The van der Waals surface area contributed by atoms with Gasteiger partial charge in [-0.05, 0) is 87.7 Å². The van der Waals surface area contributed by atoms with Crippen LogP contribution in [0, 0.1) is 40.4 Å². The summed E-state index contributed by atoms with van der Waals surface area (Å²) in [6.45, 7) is 16.3. The van der Waals surface area contributed by atoms with E-state index in [-0.39, 0.29) is 54.2 Å². The van der Waals surface area contributed by atoms with Crippen LogP contribution in [0.15, 0.2) is 41.9 Å². The van der Waals surface area contributed by atoms with Crippen LogP contribution < -0.4 is 5.32 Å². The van der Waals surface area contributed by atoms with Crippen LogP contribution in [0.2, 0.25) is 0 Å². The Morgan fingerprint density at radius 1 is 1.16 bits per heavy atom. The molecule has 7 rings (SSSR count). The molecule has 1 unspecified atom stereocenters. The Morgan fingerprint density at radius 3 is 2.59 bits per heavy atom. The van der Waals surface area contributed by atoms with Crippen molar-refractivity contribution in [1.82, 2.24) is 34.6 Å². The lowest BCUT2D eigenvalue weighted by molar-refractivity contribution is -0.138. The highest BCUT2D eigenvalue weighted by molar-refractivity contribution is 7.10. The molecule has 1 aromatic carbocycles. The molecule has 1 N–H and O–H groups in total. The van der Waals surface area contributed by atoms with Crippen molar-refractivity contribution in [3.05, 3.63) is 58.2 Å². The van der Waals surface area contributed by atoms with Crippen LogP contribution in [0.1, 0.15) is 115 Å². The van der Waals surface area contributed by atoms with Crippen LogP contribution in [0.3, 0.4) is 0 Å². The van der Waals surface area contributed by atoms with Crippen molar-refractivity contribution in [2.24, 2.45) is 29.1 Å². The highest BCUT2D eigenvalue weighted by atomic mass is 32.1. The number of pyridine rings is 1. The highest BCUT2D eigenvalue weighted by Gasteiger charge is 2.50. The van der Waals surface area contributed by atoms with Crippen molar-refractivity contribution >= 4 is 40.5 Å². The number of benzene rings is 1. The number of unbranched alkanes of at least 4 members (excludes halogenated alkanes) is 2. The van der Waals surface area contributed by atoms with E-state index in [1.807, 2.05) is 20.0 Å². The predicted octanol–water partition coefficient (Wildman–Crippen LogP) is 8.42. The van der Waals surface area contributed by atoms with E-state index in [4.69, 9.17) is 19.4 Å². The first-order valence-corrected chi connectivity index (χ1v) is 24.1. The number of hydrogen-bond donors (Lipinski definition) is 1. The standard InChI is InChI=1S/C50H68N8O5S/c1-10-11-12-20-56(8)49(61)44(54-47(60)42-31(2)32(42)3)46(57-21-14-19-55(7)29-57)48-53-40(27-64-48)35-16-17-41-38(24-35)39(25-50(5,6)28-63-30-59)45(58(41)36-22-34(23-36)26-51)37-15-13-18-52-43(37)33(4)62-9/h13,15-18,24,27,30-34,36,42,44,46H,10-12,14,19-23,25,28-29H2,1-9H3,(H,54,60)/t31-,32+,33-,34?,36?,42?,44-,46-/m0/s1. The van der Waals surface area contributed by atoms with E-state index in [9.17, 15) is 19.6 Å². The predicted molar refractivity (Wildman–Crippen MR) is 251 cm³/mol. The van der Waals surface area contributed by atoms with Crippen LogP contribution >= 0.6 is 11.3 Å². The third kappa shape index (κ3) is 9.93. The summed E-state index contributed by atoms with van der Waals surface area (Å²) in [4.78, 5) is 56.8. The number of aromatic nitrogens is 3. The molecule has 3 aliphatic rings. The van der Waals surface area contributed by atoms with E-state index in [1.165, 1.54) is 11.3 Å². The molecular formula is C50H68N8O5S. The van der Waals surface area contributed by atoms with Gasteiger partial charge in [0.1, 0.15) is 11.0 Å². The minimum atomic E-state index is -0.811. The molecule has 0 spiro atoms. The molecule has 1 saturated heterocycles. The van der Waals surface area contributed by atoms with E-state index in [1.54, 1.807) is 18.2 Å². The number of nitriles is 1. The van der Waals surface area contributed by atoms with Gasteiger partial charge in [0.05, 0.1) is 54.5 Å². The summed E-state index contributed by atoms with van der Waals surface area (Å²) < 4.78 is 13.7. The van der Waals surface area contributed by atoms with Gasteiger partial charge in [0.15, 0.2) is 0 Å². The molecule has 1 aliphatic heterocycles. The normalized spacial score (nSPS) is 22.8. The molecule has 3 aromatic heterocycles. The average molecular weight is 893 g/mol. The zero-order valence-electron chi connectivity index (χ0n) is 39.3. The number of hydrogen-bond acceptors (Lipinski definition) is 11. The highest BCUT2D eigenvalue weighted by Crippen LogP contribution is 2.49. The van der Waals surface area contributed by atoms with Crippen LogP contribution in [-0.4, -0.2) is 108 Å².